The van der Waals surface area contributed by atoms with Gasteiger partial charge in [0.1, 0.15) is 6.54 Å². The zero-order chi connectivity index (χ0) is 26.1. The van der Waals surface area contributed by atoms with Crippen molar-refractivity contribution in [3.8, 4) is 0 Å². The van der Waals surface area contributed by atoms with Crippen molar-refractivity contribution in [3.05, 3.63) is 34.9 Å². The molecule has 34 heavy (non-hydrogen) atoms. The molecule has 1 amide bonds. The Morgan fingerprint density at radius 2 is 1.88 bits per heavy atom. The second kappa shape index (κ2) is 10.4. The average Bonchev–Trinajstić information content (AvgIpc) is 2.66. The number of hydrogen-bond acceptors (Lipinski definition) is 4. The third-order valence-electron chi connectivity index (χ3n) is 6.22. The normalized spacial score (nSPS) is 25.0. The molecular formula is C22H30ClF3N2O5S. The predicted molar refractivity (Wildman–Crippen MR) is 122 cm³/mol. The van der Waals surface area contributed by atoms with Gasteiger partial charge in [0.15, 0.2) is 0 Å². The number of alkyl halides is 3. The number of aliphatic carboxylic acids is 1. The van der Waals surface area contributed by atoms with E-state index in [1.807, 2.05) is 6.92 Å². The molecule has 0 bridgehead atoms. The highest BCUT2D eigenvalue weighted by molar-refractivity contribution is 7.88. The van der Waals surface area contributed by atoms with Crippen molar-refractivity contribution in [3.63, 3.8) is 0 Å². The van der Waals surface area contributed by atoms with Crippen molar-refractivity contribution in [1.29, 1.82) is 0 Å². The van der Waals surface area contributed by atoms with Gasteiger partial charge in [-0.2, -0.15) is 17.5 Å². The number of carbonyl (C=O) groups excluding carboxylic acids is 1. The first-order valence-corrected chi connectivity index (χ1v) is 13.0. The van der Waals surface area contributed by atoms with E-state index in [1.54, 1.807) is 31.2 Å². The van der Waals surface area contributed by atoms with E-state index < -0.39 is 65.1 Å². The lowest BCUT2D eigenvalue weighted by Crippen LogP contribution is -2.59. The van der Waals surface area contributed by atoms with Crippen LogP contribution in [-0.2, 0) is 19.6 Å². The second-order valence-electron chi connectivity index (χ2n) is 9.25. The van der Waals surface area contributed by atoms with Gasteiger partial charge in [-0.1, -0.05) is 44.5 Å². The number of carboxylic acids is 1. The molecule has 12 heteroatoms. The molecule has 0 saturated carbocycles. The SMILES string of the molecule is CC[C@@H](CN(CC(F)(F)F)S(C)(=O)=O)N1C(=O)[C@@](C)(CC(=O)O)C[C@H](C)[C@H]1c1ccc(Cl)cc1. The number of carbonyl (C=O) groups is 2. The number of amides is 1. The van der Waals surface area contributed by atoms with Crippen molar-refractivity contribution in [1.82, 2.24) is 9.21 Å². The van der Waals surface area contributed by atoms with E-state index in [-0.39, 0.29) is 18.8 Å². The zero-order valence-electron chi connectivity index (χ0n) is 19.5. The van der Waals surface area contributed by atoms with Gasteiger partial charge in [0.05, 0.1) is 24.1 Å². The number of rotatable bonds is 9. The number of hydrogen-bond donors (Lipinski definition) is 1. The van der Waals surface area contributed by atoms with Gasteiger partial charge >= 0.3 is 12.1 Å². The van der Waals surface area contributed by atoms with Crippen LogP contribution in [0, 0.1) is 11.3 Å². The highest BCUT2D eigenvalue weighted by Gasteiger charge is 2.51. The Kier molecular flexibility index (Phi) is 8.69. The maximum atomic E-state index is 13.7. The molecule has 4 atom stereocenters. The Labute approximate surface area is 202 Å². The third kappa shape index (κ3) is 6.85. The van der Waals surface area contributed by atoms with Crippen molar-refractivity contribution in [2.45, 2.75) is 58.3 Å². The van der Waals surface area contributed by atoms with Gasteiger partial charge in [-0.3, -0.25) is 9.59 Å². The van der Waals surface area contributed by atoms with Crippen LogP contribution in [0.15, 0.2) is 24.3 Å². The minimum Gasteiger partial charge on any atom is -0.481 e. The lowest BCUT2D eigenvalue weighted by atomic mass is 9.69. The van der Waals surface area contributed by atoms with E-state index in [2.05, 4.69) is 0 Å². The zero-order valence-corrected chi connectivity index (χ0v) is 21.0. The van der Waals surface area contributed by atoms with E-state index in [1.165, 1.54) is 11.8 Å². The number of nitrogens with zero attached hydrogens (tertiary/aromatic N) is 2. The molecule has 0 radical (unpaired) electrons. The highest BCUT2D eigenvalue weighted by Crippen LogP contribution is 2.47. The third-order valence-corrected chi connectivity index (χ3v) is 7.69. The van der Waals surface area contributed by atoms with Crippen LogP contribution in [0.3, 0.4) is 0 Å². The first kappa shape index (κ1) is 28.4. The standard InChI is InChI=1S/C22H30ClF3N2O5S/c1-5-17(12-27(34(4,32)33)13-22(24,25)26)28-19(15-6-8-16(23)9-7-15)14(2)10-21(3,20(28)31)11-18(29)30/h6-9,14,17,19H,5,10-13H2,1-4H3,(H,29,30)/t14-,17-,19-,21+/m0/s1. The van der Waals surface area contributed by atoms with E-state index in [4.69, 9.17) is 11.6 Å². The molecule has 0 spiro atoms. The predicted octanol–water partition coefficient (Wildman–Crippen LogP) is 4.33. The maximum absolute atomic E-state index is 13.7. The van der Waals surface area contributed by atoms with Crippen LogP contribution in [0.25, 0.3) is 0 Å². The summed E-state index contributed by atoms with van der Waals surface area (Å²) in [6.07, 6.45) is -4.12. The molecule has 1 aliphatic rings. The summed E-state index contributed by atoms with van der Waals surface area (Å²) in [6.45, 7) is 2.77. The molecule has 0 aromatic heterocycles. The monoisotopic (exact) mass is 526 g/mol. The van der Waals surface area contributed by atoms with Crippen molar-refractivity contribution in [2.75, 3.05) is 19.3 Å². The van der Waals surface area contributed by atoms with E-state index in [0.717, 1.165) is 0 Å². The molecule has 0 unspecified atom stereocenters. The first-order valence-electron chi connectivity index (χ1n) is 10.8. The van der Waals surface area contributed by atoms with E-state index in [9.17, 15) is 36.3 Å². The largest absolute Gasteiger partial charge is 0.481 e. The van der Waals surface area contributed by atoms with Crippen LogP contribution in [-0.4, -0.2) is 66.2 Å². The summed E-state index contributed by atoms with van der Waals surface area (Å²) in [6, 6.07) is 5.17. The minimum absolute atomic E-state index is 0.162. The first-order chi connectivity index (χ1) is 15.5. The summed E-state index contributed by atoms with van der Waals surface area (Å²) in [7, 11) is -4.24. The van der Waals surface area contributed by atoms with E-state index >= 15 is 0 Å². The number of piperidine rings is 1. The summed E-state index contributed by atoms with van der Waals surface area (Å²) in [5.41, 5.74) is -0.607. The summed E-state index contributed by atoms with van der Waals surface area (Å²) >= 11 is 6.00. The Morgan fingerprint density at radius 3 is 2.32 bits per heavy atom. The molecule has 1 heterocycles. The van der Waals surface area contributed by atoms with Gasteiger partial charge in [-0.25, -0.2) is 8.42 Å². The Bertz CT molecular complexity index is 1000. The quantitative estimate of drug-likeness (QED) is 0.516. The van der Waals surface area contributed by atoms with Crippen molar-refractivity contribution < 1.29 is 36.3 Å². The smallest absolute Gasteiger partial charge is 0.402 e. The molecule has 192 valence electrons. The van der Waals surface area contributed by atoms with Crippen LogP contribution >= 0.6 is 11.6 Å². The van der Waals surface area contributed by atoms with Gasteiger partial charge in [0.25, 0.3) is 0 Å². The lowest BCUT2D eigenvalue weighted by Gasteiger charge is -2.51. The summed E-state index contributed by atoms with van der Waals surface area (Å²) in [4.78, 5) is 26.7. The second-order valence-corrected chi connectivity index (χ2v) is 11.7. The fourth-order valence-electron chi connectivity index (χ4n) is 4.81. The average molecular weight is 527 g/mol. The van der Waals surface area contributed by atoms with Crippen LogP contribution in [0.2, 0.25) is 5.02 Å². The molecule has 2 rings (SSSR count). The number of sulfonamides is 1. The summed E-state index contributed by atoms with van der Waals surface area (Å²) in [5.74, 6) is -1.96. The molecule has 1 aromatic rings. The van der Waals surface area contributed by atoms with Crippen LogP contribution < -0.4 is 0 Å². The highest BCUT2D eigenvalue weighted by atomic mass is 35.5. The maximum Gasteiger partial charge on any atom is 0.402 e. The molecule has 1 saturated heterocycles. The molecule has 1 aliphatic heterocycles. The van der Waals surface area contributed by atoms with Crippen LogP contribution in [0.1, 0.15) is 51.6 Å². The molecular weight excluding hydrogens is 497 g/mol. The molecule has 1 aromatic carbocycles. The van der Waals surface area contributed by atoms with Crippen molar-refractivity contribution in [2.24, 2.45) is 11.3 Å². The van der Waals surface area contributed by atoms with Crippen LogP contribution in [0.5, 0.6) is 0 Å². The van der Waals surface area contributed by atoms with Gasteiger partial charge in [0.2, 0.25) is 15.9 Å². The van der Waals surface area contributed by atoms with Gasteiger partial charge in [-0.05, 0) is 36.5 Å². The summed E-state index contributed by atoms with van der Waals surface area (Å²) in [5, 5.41) is 9.87. The molecule has 7 nitrogen and oxygen atoms in total. The number of halogens is 4. The van der Waals surface area contributed by atoms with Gasteiger partial charge in [-0.15, -0.1) is 0 Å². The lowest BCUT2D eigenvalue weighted by molar-refractivity contribution is -0.164. The van der Waals surface area contributed by atoms with Gasteiger partial charge in [0, 0.05) is 17.6 Å². The molecule has 1 fully saturated rings. The molecule has 1 N–H and O–H groups in total. The topological polar surface area (TPSA) is 95.0 Å². The number of likely N-dealkylation sites (tertiary alicyclic amines) is 1. The number of carboxylic acid groups (broad SMARTS) is 1. The Morgan fingerprint density at radius 1 is 1.32 bits per heavy atom. The minimum atomic E-state index is -4.77. The van der Waals surface area contributed by atoms with Crippen LogP contribution in [0.4, 0.5) is 13.2 Å². The van der Waals surface area contributed by atoms with E-state index in [0.29, 0.717) is 21.1 Å². The number of benzene rings is 1. The van der Waals surface area contributed by atoms with Gasteiger partial charge < -0.3 is 10.0 Å². The Balaban J connectivity index is 2.59. The summed E-state index contributed by atoms with van der Waals surface area (Å²) < 4.78 is 64.1. The fraction of sp³-hybridized carbons (Fsp3) is 0.636. The Hall–Kier alpha value is -1.85. The van der Waals surface area contributed by atoms with Crippen molar-refractivity contribution >= 4 is 33.5 Å². The molecule has 0 aliphatic carbocycles. The fourth-order valence-corrected chi connectivity index (χ4v) is 5.76.